The monoisotopic (exact) mass is 437 g/mol. The second-order valence-corrected chi connectivity index (χ2v) is 8.80. The van der Waals surface area contributed by atoms with E-state index in [1.165, 1.54) is 28.5 Å². The molecule has 3 N–H and O–H groups in total. The number of amides is 4. The third-order valence-electron chi connectivity index (χ3n) is 4.65. The number of carboxylic acid groups (broad SMARTS) is 1. The molecule has 0 aliphatic carbocycles. The van der Waals surface area contributed by atoms with Crippen LogP contribution in [0.15, 0.2) is 34.9 Å². The summed E-state index contributed by atoms with van der Waals surface area (Å²) in [6.45, 7) is 9.10. The topological polar surface area (TPSA) is 98.7 Å². The van der Waals surface area contributed by atoms with Crippen molar-refractivity contribution in [2.45, 2.75) is 59.4 Å². The van der Waals surface area contributed by atoms with Crippen molar-refractivity contribution >= 4 is 29.8 Å². The number of allylic oxidation sites excluding steroid dienone is 5. The number of imide groups is 1. The van der Waals surface area contributed by atoms with E-state index in [2.05, 4.69) is 56.6 Å². The SMILES string of the molecule is CC(C)=CCC/C(C)=C/CC/C(C)=C/CSC[C@H](NC(=O)N1CCNC1=O)C(=O)O. The maximum absolute atomic E-state index is 12.0. The van der Waals surface area contributed by atoms with Gasteiger partial charge in [0.05, 0.1) is 0 Å². The van der Waals surface area contributed by atoms with Crippen molar-refractivity contribution in [3.8, 4) is 0 Å². The molecule has 1 heterocycles. The molecule has 0 radical (unpaired) electrons. The number of carbonyl (C=O) groups excluding carboxylic acids is 2. The fraction of sp³-hybridized carbons (Fsp3) is 0.591. The highest BCUT2D eigenvalue weighted by atomic mass is 32.2. The van der Waals surface area contributed by atoms with Crippen molar-refractivity contribution in [1.82, 2.24) is 15.5 Å². The van der Waals surface area contributed by atoms with Crippen LogP contribution in [-0.2, 0) is 4.79 Å². The standard InChI is InChI=1S/C22H35N3O4S/c1-16(2)7-5-8-17(3)9-6-10-18(4)11-14-30-15-19(20(26)27)24-22(29)25-13-12-23-21(25)28/h7,9,11,19H,5-6,8,10,12-15H2,1-4H3,(H,23,28)(H,24,29)(H,26,27)/b17-9+,18-11+/t19-/m0/s1. The van der Waals surface area contributed by atoms with E-state index in [0.29, 0.717) is 12.3 Å². The van der Waals surface area contributed by atoms with E-state index in [1.54, 1.807) is 0 Å². The van der Waals surface area contributed by atoms with Gasteiger partial charge in [0.25, 0.3) is 0 Å². The average molecular weight is 438 g/mol. The Balaban J connectivity index is 2.33. The first-order chi connectivity index (χ1) is 14.2. The third kappa shape index (κ3) is 10.5. The first-order valence-corrected chi connectivity index (χ1v) is 11.5. The Hall–Kier alpha value is -2.22. The molecule has 0 bridgehead atoms. The lowest BCUT2D eigenvalue weighted by Gasteiger charge is -2.18. The summed E-state index contributed by atoms with van der Waals surface area (Å²) in [4.78, 5) is 35.9. The Morgan fingerprint density at radius 3 is 2.33 bits per heavy atom. The summed E-state index contributed by atoms with van der Waals surface area (Å²) in [6.07, 6.45) is 10.8. The molecule has 1 atom stereocenters. The van der Waals surface area contributed by atoms with Gasteiger partial charge < -0.3 is 15.7 Å². The molecule has 0 aromatic carbocycles. The Morgan fingerprint density at radius 1 is 1.13 bits per heavy atom. The maximum atomic E-state index is 12.0. The van der Waals surface area contributed by atoms with E-state index in [9.17, 15) is 19.5 Å². The molecule has 8 heteroatoms. The smallest absolute Gasteiger partial charge is 0.327 e. The number of urea groups is 2. The summed E-state index contributed by atoms with van der Waals surface area (Å²) in [5.74, 6) is -0.187. The van der Waals surface area contributed by atoms with Gasteiger partial charge in [0.1, 0.15) is 6.04 Å². The van der Waals surface area contributed by atoms with E-state index >= 15 is 0 Å². The lowest BCUT2D eigenvalue weighted by Crippen LogP contribution is -2.50. The number of thioether (sulfide) groups is 1. The van der Waals surface area contributed by atoms with Crippen LogP contribution in [0, 0.1) is 0 Å². The van der Waals surface area contributed by atoms with Crippen LogP contribution < -0.4 is 10.6 Å². The van der Waals surface area contributed by atoms with Crippen molar-refractivity contribution in [2.75, 3.05) is 24.6 Å². The quantitative estimate of drug-likeness (QED) is 0.312. The zero-order valence-electron chi connectivity index (χ0n) is 18.5. The highest BCUT2D eigenvalue weighted by Gasteiger charge is 2.29. The van der Waals surface area contributed by atoms with Crippen molar-refractivity contribution in [3.63, 3.8) is 0 Å². The van der Waals surface area contributed by atoms with E-state index in [4.69, 9.17) is 0 Å². The van der Waals surface area contributed by atoms with Gasteiger partial charge in [-0.25, -0.2) is 19.3 Å². The summed E-state index contributed by atoms with van der Waals surface area (Å²) >= 11 is 1.44. The van der Waals surface area contributed by atoms with Gasteiger partial charge in [-0.3, -0.25) is 0 Å². The molecule has 30 heavy (non-hydrogen) atoms. The summed E-state index contributed by atoms with van der Waals surface area (Å²) in [5, 5.41) is 14.3. The Labute approximate surface area is 184 Å². The third-order valence-corrected chi connectivity index (χ3v) is 5.63. The summed E-state index contributed by atoms with van der Waals surface area (Å²) in [5.41, 5.74) is 4.02. The number of carboxylic acids is 1. The van der Waals surface area contributed by atoms with Gasteiger partial charge in [-0.15, -0.1) is 0 Å². The number of hydrogen-bond acceptors (Lipinski definition) is 4. The fourth-order valence-electron chi connectivity index (χ4n) is 2.79. The zero-order chi connectivity index (χ0) is 22.5. The molecular weight excluding hydrogens is 402 g/mol. The van der Waals surface area contributed by atoms with Crippen molar-refractivity contribution in [1.29, 1.82) is 0 Å². The van der Waals surface area contributed by atoms with Crippen LogP contribution in [-0.4, -0.2) is 58.7 Å². The number of rotatable bonds is 12. The highest BCUT2D eigenvalue weighted by molar-refractivity contribution is 7.99. The number of carbonyl (C=O) groups is 3. The molecule has 1 fully saturated rings. The van der Waals surface area contributed by atoms with Crippen LogP contribution in [0.5, 0.6) is 0 Å². The molecule has 1 aliphatic rings. The molecule has 0 saturated carbocycles. The molecule has 1 rings (SSSR count). The number of nitrogens with zero attached hydrogens (tertiary/aromatic N) is 1. The largest absolute Gasteiger partial charge is 0.480 e. The molecule has 0 aromatic heterocycles. The fourth-order valence-corrected chi connectivity index (χ4v) is 3.79. The molecule has 1 saturated heterocycles. The van der Waals surface area contributed by atoms with Crippen molar-refractivity contribution < 1.29 is 19.5 Å². The molecule has 0 unspecified atom stereocenters. The lowest BCUT2D eigenvalue weighted by atomic mass is 10.1. The van der Waals surface area contributed by atoms with E-state index in [1.807, 2.05) is 0 Å². The second kappa shape index (κ2) is 13.9. The zero-order valence-corrected chi connectivity index (χ0v) is 19.3. The normalized spacial score (nSPS) is 15.6. The second-order valence-electron chi connectivity index (χ2n) is 7.72. The van der Waals surface area contributed by atoms with Gasteiger partial charge in [0, 0.05) is 24.6 Å². The molecule has 168 valence electrons. The summed E-state index contributed by atoms with van der Waals surface area (Å²) in [6, 6.07) is -2.20. The first kappa shape index (κ1) is 25.8. The molecule has 4 amide bonds. The molecule has 7 nitrogen and oxygen atoms in total. The summed E-state index contributed by atoms with van der Waals surface area (Å²) in [7, 11) is 0. The maximum Gasteiger partial charge on any atom is 0.327 e. The van der Waals surface area contributed by atoms with Crippen LogP contribution in [0.3, 0.4) is 0 Å². The predicted octanol–water partition coefficient (Wildman–Crippen LogP) is 4.33. The van der Waals surface area contributed by atoms with Crippen LogP contribution in [0.4, 0.5) is 9.59 Å². The van der Waals surface area contributed by atoms with Crippen LogP contribution in [0.25, 0.3) is 0 Å². The molecule has 1 aliphatic heterocycles. The Kier molecular flexibility index (Phi) is 12.0. The lowest BCUT2D eigenvalue weighted by molar-refractivity contribution is -0.138. The van der Waals surface area contributed by atoms with Gasteiger partial charge in [-0.05, 0) is 53.4 Å². The molecule has 0 aromatic rings. The van der Waals surface area contributed by atoms with Crippen LogP contribution in [0.2, 0.25) is 0 Å². The van der Waals surface area contributed by atoms with Crippen LogP contribution >= 0.6 is 11.8 Å². The minimum absolute atomic E-state index is 0.240. The highest BCUT2D eigenvalue weighted by Crippen LogP contribution is 2.13. The predicted molar refractivity (Wildman–Crippen MR) is 123 cm³/mol. The Bertz CT molecular complexity index is 696. The van der Waals surface area contributed by atoms with Gasteiger partial charge in [0.15, 0.2) is 0 Å². The van der Waals surface area contributed by atoms with Gasteiger partial charge >= 0.3 is 18.0 Å². The number of nitrogens with one attached hydrogen (secondary N) is 2. The summed E-state index contributed by atoms with van der Waals surface area (Å²) < 4.78 is 0. The first-order valence-electron chi connectivity index (χ1n) is 10.3. The number of hydrogen-bond donors (Lipinski definition) is 3. The van der Waals surface area contributed by atoms with Gasteiger partial charge in [-0.2, -0.15) is 11.8 Å². The van der Waals surface area contributed by atoms with E-state index < -0.39 is 24.1 Å². The number of aliphatic carboxylic acids is 1. The van der Waals surface area contributed by atoms with Crippen molar-refractivity contribution in [2.24, 2.45) is 0 Å². The van der Waals surface area contributed by atoms with Gasteiger partial charge in [-0.1, -0.05) is 34.9 Å². The molecule has 0 spiro atoms. The molecular formula is C22H35N3O4S. The van der Waals surface area contributed by atoms with Gasteiger partial charge in [0.2, 0.25) is 0 Å². The minimum Gasteiger partial charge on any atom is -0.480 e. The van der Waals surface area contributed by atoms with Crippen LogP contribution in [0.1, 0.15) is 53.4 Å². The van der Waals surface area contributed by atoms with E-state index in [-0.39, 0.29) is 12.3 Å². The van der Waals surface area contributed by atoms with Crippen molar-refractivity contribution in [3.05, 3.63) is 34.9 Å². The minimum atomic E-state index is -1.11. The average Bonchev–Trinajstić information content (AvgIpc) is 3.09. The Morgan fingerprint density at radius 2 is 1.77 bits per heavy atom. The van der Waals surface area contributed by atoms with E-state index in [0.717, 1.165) is 30.6 Å².